The first-order chi connectivity index (χ1) is 9.33. The Morgan fingerprint density at radius 2 is 2.26 bits per heavy atom. The molecule has 6 heteroatoms. The van der Waals surface area contributed by atoms with Crippen LogP contribution in [0.25, 0.3) is 11.5 Å². The molecule has 0 aliphatic carbocycles. The molecule has 3 aromatic rings. The van der Waals surface area contributed by atoms with Crippen LogP contribution in [0, 0.1) is 6.92 Å². The fourth-order valence-corrected chi connectivity index (χ4v) is 1.94. The van der Waals surface area contributed by atoms with Crippen molar-refractivity contribution in [2.45, 2.75) is 20.0 Å². The highest BCUT2D eigenvalue weighted by Gasteiger charge is 2.10. The van der Waals surface area contributed by atoms with Crippen molar-refractivity contribution in [2.75, 3.05) is 0 Å². The van der Waals surface area contributed by atoms with E-state index < -0.39 is 0 Å². The summed E-state index contributed by atoms with van der Waals surface area (Å²) in [6, 6.07) is 3.88. The van der Waals surface area contributed by atoms with Gasteiger partial charge >= 0.3 is 0 Å². The maximum absolute atomic E-state index is 5.60. The van der Waals surface area contributed by atoms with Gasteiger partial charge in [-0.1, -0.05) is 0 Å². The molecule has 0 amide bonds. The minimum Gasteiger partial charge on any atom is -0.460 e. The predicted molar refractivity (Wildman–Crippen MR) is 70.2 cm³/mol. The molecule has 0 unspecified atom stereocenters. The zero-order valence-corrected chi connectivity index (χ0v) is 10.6. The lowest BCUT2D eigenvalue weighted by Crippen LogP contribution is -2.13. The van der Waals surface area contributed by atoms with Crippen LogP contribution in [-0.4, -0.2) is 20.2 Å². The van der Waals surface area contributed by atoms with Gasteiger partial charge in [-0.2, -0.15) is 5.10 Å². The monoisotopic (exact) mass is 257 g/mol. The summed E-state index contributed by atoms with van der Waals surface area (Å²) >= 11 is 0. The number of imidazole rings is 1. The van der Waals surface area contributed by atoms with E-state index in [9.17, 15) is 0 Å². The third-order valence-corrected chi connectivity index (χ3v) is 2.87. The van der Waals surface area contributed by atoms with E-state index >= 15 is 0 Å². The third kappa shape index (κ3) is 2.58. The van der Waals surface area contributed by atoms with E-state index in [0.29, 0.717) is 13.1 Å². The second-order valence-corrected chi connectivity index (χ2v) is 4.32. The first-order valence-electron chi connectivity index (χ1n) is 6.11. The van der Waals surface area contributed by atoms with Gasteiger partial charge in [-0.05, 0) is 19.1 Å². The molecule has 0 aliphatic heterocycles. The van der Waals surface area contributed by atoms with Crippen molar-refractivity contribution < 1.29 is 4.42 Å². The van der Waals surface area contributed by atoms with Gasteiger partial charge in [-0.25, -0.2) is 4.98 Å². The Labute approximate surface area is 110 Å². The maximum Gasteiger partial charge on any atom is 0.152 e. The van der Waals surface area contributed by atoms with Crippen molar-refractivity contribution >= 4 is 0 Å². The van der Waals surface area contributed by atoms with Gasteiger partial charge in [-0.3, -0.25) is 5.10 Å². The number of rotatable bonds is 5. The number of aromatic nitrogens is 4. The molecule has 0 saturated heterocycles. The highest BCUT2D eigenvalue weighted by Crippen LogP contribution is 2.23. The van der Waals surface area contributed by atoms with E-state index in [1.165, 1.54) is 0 Å². The van der Waals surface area contributed by atoms with E-state index in [-0.39, 0.29) is 0 Å². The summed E-state index contributed by atoms with van der Waals surface area (Å²) in [5, 5.41) is 10.4. The van der Waals surface area contributed by atoms with Gasteiger partial charge in [0, 0.05) is 24.5 Å². The Bertz CT molecular complexity index is 638. The number of H-pyrrole nitrogens is 2. The molecule has 19 heavy (non-hydrogen) atoms. The highest BCUT2D eigenvalue weighted by molar-refractivity contribution is 5.56. The molecule has 0 bridgehead atoms. The molecule has 3 heterocycles. The van der Waals surface area contributed by atoms with Crippen LogP contribution in [0.5, 0.6) is 0 Å². The molecule has 0 spiro atoms. The molecule has 0 aromatic carbocycles. The first-order valence-corrected chi connectivity index (χ1v) is 6.11. The van der Waals surface area contributed by atoms with Crippen LogP contribution >= 0.6 is 0 Å². The van der Waals surface area contributed by atoms with Gasteiger partial charge < -0.3 is 14.7 Å². The second kappa shape index (κ2) is 5.11. The number of nitrogens with zero attached hydrogens (tertiary/aromatic N) is 2. The molecule has 0 saturated carbocycles. The Balaban J connectivity index is 1.67. The van der Waals surface area contributed by atoms with E-state index in [4.69, 9.17) is 4.42 Å². The largest absolute Gasteiger partial charge is 0.460 e. The van der Waals surface area contributed by atoms with Crippen molar-refractivity contribution in [1.82, 2.24) is 25.5 Å². The van der Waals surface area contributed by atoms with Crippen LogP contribution in [0.2, 0.25) is 0 Å². The van der Waals surface area contributed by atoms with Crippen LogP contribution < -0.4 is 5.32 Å². The molecular weight excluding hydrogens is 242 g/mol. The smallest absolute Gasteiger partial charge is 0.152 e. The lowest BCUT2D eigenvalue weighted by molar-refractivity contribution is 0.545. The lowest BCUT2D eigenvalue weighted by atomic mass is 10.2. The Morgan fingerprint density at radius 3 is 3.00 bits per heavy atom. The standard InChI is InChI=1S/C13H15N5O/c1-9-2-3-11(19-9)13-10(7-17-18-13)6-14-8-12-15-4-5-16-12/h2-5,7,14H,6,8H2,1H3,(H,15,16)(H,17,18). The molecule has 3 rings (SSSR count). The zero-order chi connectivity index (χ0) is 13.1. The molecule has 3 N–H and O–H groups in total. The maximum atomic E-state index is 5.60. The van der Waals surface area contributed by atoms with Gasteiger partial charge in [0.05, 0.1) is 12.7 Å². The average molecular weight is 257 g/mol. The van der Waals surface area contributed by atoms with E-state index in [0.717, 1.165) is 28.6 Å². The number of hydrogen-bond acceptors (Lipinski definition) is 4. The predicted octanol–water partition coefficient (Wildman–Crippen LogP) is 1.99. The van der Waals surface area contributed by atoms with Crippen molar-refractivity contribution in [2.24, 2.45) is 0 Å². The molecule has 0 atom stereocenters. The zero-order valence-electron chi connectivity index (χ0n) is 10.6. The lowest BCUT2D eigenvalue weighted by Gasteiger charge is -2.02. The fourth-order valence-electron chi connectivity index (χ4n) is 1.94. The average Bonchev–Trinajstić information content (AvgIpc) is 3.10. The number of furan rings is 1. The summed E-state index contributed by atoms with van der Waals surface area (Å²) in [5.41, 5.74) is 1.99. The van der Waals surface area contributed by atoms with Crippen LogP contribution in [0.1, 0.15) is 17.1 Å². The quantitative estimate of drug-likeness (QED) is 0.652. The first kappa shape index (κ1) is 11.7. The third-order valence-electron chi connectivity index (χ3n) is 2.87. The van der Waals surface area contributed by atoms with Crippen molar-refractivity contribution in [3.63, 3.8) is 0 Å². The highest BCUT2D eigenvalue weighted by atomic mass is 16.3. The summed E-state index contributed by atoms with van der Waals surface area (Å²) < 4.78 is 5.60. The Kier molecular flexibility index (Phi) is 3.16. The van der Waals surface area contributed by atoms with Crippen LogP contribution in [0.3, 0.4) is 0 Å². The van der Waals surface area contributed by atoms with Crippen molar-refractivity contribution in [1.29, 1.82) is 0 Å². The van der Waals surface area contributed by atoms with Crippen molar-refractivity contribution in [3.05, 3.63) is 47.9 Å². The molecule has 3 aromatic heterocycles. The second-order valence-electron chi connectivity index (χ2n) is 4.32. The fraction of sp³-hybridized carbons (Fsp3) is 0.231. The number of nitrogens with one attached hydrogen (secondary N) is 3. The number of hydrogen-bond donors (Lipinski definition) is 3. The van der Waals surface area contributed by atoms with E-state index in [1.807, 2.05) is 31.5 Å². The van der Waals surface area contributed by atoms with Gasteiger partial charge in [0.2, 0.25) is 0 Å². The van der Waals surface area contributed by atoms with Gasteiger partial charge in [-0.15, -0.1) is 0 Å². The van der Waals surface area contributed by atoms with Gasteiger partial charge in [0.15, 0.2) is 5.76 Å². The van der Waals surface area contributed by atoms with Crippen molar-refractivity contribution in [3.8, 4) is 11.5 Å². The minimum atomic E-state index is 0.689. The number of aromatic amines is 2. The molecular formula is C13H15N5O. The van der Waals surface area contributed by atoms with Crippen LogP contribution in [0.15, 0.2) is 35.1 Å². The molecule has 0 fully saturated rings. The summed E-state index contributed by atoms with van der Waals surface area (Å²) in [4.78, 5) is 7.21. The molecule has 0 radical (unpaired) electrons. The summed E-state index contributed by atoms with van der Waals surface area (Å²) in [5.74, 6) is 2.61. The molecule has 98 valence electrons. The number of aryl methyl sites for hydroxylation is 1. The summed E-state index contributed by atoms with van der Waals surface area (Å²) in [6.07, 6.45) is 5.36. The summed E-state index contributed by atoms with van der Waals surface area (Å²) in [6.45, 7) is 3.32. The van der Waals surface area contributed by atoms with Gasteiger partial charge in [0.25, 0.3) is 0 Å². The van der Waals surface area contributed by atoms with Crippen LogP contribution in [0.4, 0.5) is 0 Å². The van der Waals surface area contributed by atoms with Gasteiger partial charge in [0.1, 0.15) is 17.3 Å². The Morgan fingerprint density at radius 1 is 1.32 bits per heavy atom. The topological polar surface area (TPSA) is 82.5 Å². The SMILES string of the molecule is Cc1ccc(-c2[nH]ncc2CNCc2ncc[nH]2)o1. The normalized spacial score (nSPS) is 11.0. The van der Waals surface area contributed by atoms with E-state index in [1.54, 1.807) is 6.20 Å². The van der Waals surface area contributed by atoms with Crippen LogP contribution in [-0.2, 0) is 13.1 Å². The molecule has 6 nitrogen and oxygen atoms in total. The summed E-state index contributed by atoms with van der Waals surface area (Å²) in [7, 11) is 0. The minimum absolute atomic E-state index is 0.689. The molecule has 0 aliphatic rings. The Hall–Kier alpha value is -2.34. The van der Waals surface area contributed by atoms with E-state index in [2.05, 4.69) is 25.5 Å².